The van der Waals surface area contributed by atoms with Gasteiger partial charge in [0.15, 0.2) is 0 Å². The second kappa shape index (κ2) is 5.04. The molecule has 1 radical (unpaired) electrons. The monoisotopic (exact) mass is 231 g/mol. The smallest absolute Gasteiger partial charge is 0.119 e. The van der Waals surface area contributed by atoms with E-state index in [0.29, 0.717) is 6.61 Å². The molecule has 2 aromatic rings. The van der Waals surface area contributed by atoms with Crippen molar-refractivity contribution in [2.45, 2.75) is 6.61 Å². The minimum atomic E-state index is 0.549. The van der Waals surface area contributed by atoms with Gasteiger partial charge in [-0.05, 0) is 42.3 Å². The minimum absolute atomic E-state index is 0.549. The summed E-state index contributed by atoms with van der Waals surface area (Å²) in [5.41, 5.74) is 2.09. The maximum Gasteiger partial charge on any atom is 0.119 e. The Hall–Kier alpha value is -1.47. The van der Waals surface area contributed by atoms with Crippen molar-refractivity contribution in [3.8, 4) is 5.75 Å². The first kappa shape index (κ1) is 11.0. The van der Waals surface area contributed by atoms with Crippen molar-refractivity contribution in [3.05, 3.63) is 71.6 Å². The molecule has 0 heterocycles. The van der Waals surface area contributed by atoms with Crippen LogP contribution in [0.3, 0.4) is 0 Å². The fourth-order valence-electron chi connectivity index (χ4n) is 1.33. The van der Waals surface area contributed by atoms with Crippen molar-refractivity contribution in [2.24, 2.45) is 0 Å². The van der Waals surface area contributed by atoms with Crippen LogP contribution >= 0.6 is 11.6 Å². The maximum atomic E-state index is 5.80. The molecule has 0 atom stereocenters. The lowest BCUT2D eigenvalue weighted by atomic mass is 10.2. The van der Waals surface area contributed by atoms with E-state index in [1.54, 1.807) is 0 Å². The van der Waals surface area contributed by atoms with Crippen molar-refractivity contribution in [1.82, 2.24) is 0 Å². The first-order valence-electron chi connectivity index (χ1n) is 5.03. The molecule has 0 aliphatic carbocycles. The molecule has 16 heavy (non-hydrogen) atoms. The predicted molar refractivity (Wildman–Crippen MR) is 66.7 cm³/mol. The molecule has 0 aromatic heterocycles. The van der Waals surface area contributed by atoms with Gasteiger partial charge in [0.25, 0.3) is 0 Å². The lowest BCUT2D eigenvalue weighted by Crippen LogP contribution is -1.94. The zero-order valence-electron chi connectivity index (χ0n) is 8.82. The number of benzene rings is 2. The fourth-order valence-corrected chi connectivity index (χ4v) is 1.46. The van der Waals surface area contributed by atoms with Gasteiger partial charge in [-0.3, -0.25) is 0 Å². The van der Waals surface area contributed by atoms with Gasteiger partial charge in [0.1, 0.15) is 12.4 Å². The van der Waals surface area contributed by atoms with Gasteiger partial charge in [-0.15, -0.1) is 0 Å². The van der Waals surface area contributed by atoms with Gasteiger partial charge in [0, 0.05) is 5.02 Å². The Morgan fingerprint density at radius 2 is 1.56 bits per heavy atom. The van der Waals surface area contributed by atoms with Gasteiger partial charge in [0.05, 0.1) is 0 Å². The van der Waals surface area contributed by atoms with Crippen LogP contribution in [0.1, 0.15) is 11.1 Å². The maximum absolute atomic E-state index is 5.80. The Kier molecular flexibility index (Phi) is 3.47. The lowest BCUT2D eigenvalue weighted by molar-refractivity contribution is 0.306. The van der Waals surface area contributed by atoms with E-state index in [4.69, 9.17) is 16.3 Å². The van der Waals surface area contributed by atoms with Crippen molar-refractivity contribution in [3.63, 3.8) is 0 Å². The summed E-state index contributed by atoms with van der Waals surface area (Å²) in [7, 11) is 0. The Morgan fingerprint density at radius 1 is 0.938 bits per heavy atom. The highest BCUT2D eigenvalue weighted by atomic mass is 35.5. The summed E-state index contributed by atoms with van der Waals surface area (Å²) in [5.74, 6) is 0.849. The number of hydrogen-bond acceptors (Lipinski definition) is 1. The molecule has 2 aromatic carbocycles. The van der Waals surface area contributed by atoms with E-state index >= 15 is 0 Å². The molecule has 0 saturated carbocycles. The van der Waals surface area contributed by atoms with Gasteiger partial charge in [-0.1, -0.05) is 35.9 Å². The molecule has 0 fully saturated rings. The molecule has 2 rings (SSSR count). The Morgan fingerprint density at radius 3 is 2.19 bits per heavy atom. The number of halogens is 1. The van der Waals surface area contributed by atoms with Gasteiger partial charge in [-0.2, -0.15) is 0 Å². The van der Waals surface area contributed by atoms with Crippen LogP contribution in [0.15, 0.2) is 48.5 Å². The van der Waals surface area contributed by atoms with Crippen LogP contribution in [-0.4, -0.2) is 0 Å². The topological polar surface area (TPSA) is 9.23 Å². The summed E-state index contributed by atoms with van der Waals surface area (Å²) in [5, 5.41) is 0.741. The molecule has 81 valence electrons. The summed E-state index contributed by atoms with van der Waals surface area (Å²) >= 11 is 5.80. The largest absolute Gasteiger partial charge is 0.489 e. The molecule has 0 amide bonds. The number of rotatable bonds is 3. The summed E-state index contributed by atoms with van der Waals surface area (Å²) in [6.45, 7) is 4.37. The van der Waals surface area contributed by atoms with E-state index in [0.717, 1.165) is 21.9 Å². The highest BCUT2D eigenvalue weighted by Gasteiger charge is 1.95. The zero-order valence-corrected chi connectivity index (χ0v) is 9.58. The predicted octanol–water partition coefficient (Wildman–Crippen LogP) is 4.10. The number of ether oxygens (including phenoxy) is 1. The second-order valence-electron chi connectivity index (χ2n) is 3.56. The molecule has 0 saturated heterocycles. The van der Waals surface area contributed by atoms with E-state index in [1.807, 2.05) is 48.5 Å². The zero-order chi connectivity index (χ0) is 11.4. The third kappa shape index (κ3) is 3.01. The first-order valence-corrected chi connectivity index (χ1v) is 5.41. The van der Waals surface area contributed by atoms with E-state index in [-0.39, 0.29) is 0 Å². The Labute approximate surface area is 101 Å². The van der Waals surface area contributed by atoms with E-state index in [1.165, 1.54) is 0 Å². The average Bonchev–Trinajstić information content (AvgIpc) is 2.30. The number of hydrogen-bond donors (Lipinski definition) is 0. The van der Waals surface area contributed by atoms with E-state index in [2.05, 4.69) is 6.92 Å². The van der Waals surface area contributed by atoms with Crippen molar-refractivity contribution >= 4 is 11.6 Å². The first-order chi connectivity index (χ1) is 7.74. The quantitative estimate of drug-likeness (QED) is 0.773. The fraction of sp³-hybridized carbons (Fsp3) is 0.0714. The van der Waals surface area contributed by atoms with Crippen molar-refractivity contribution in [2.75, 3.05) is 0 Å². The molecule has 0 aliphatic heterocycles. The Bertz CT molecular complexity index is 400. The average molecular weight is 232 g/mol. The van der Waals surface area contributed by atoms with Crippen molar-refractivity contribution < 1.29 is 4.74 Å². The van der Waals surface area contributed by atoms with Crippen LogP contribution in [0.2, 0.25) is 5.02 Å². The van der Waals surface area contributed by atoms with Crippen molar-refractivity contribution in [1.29, 1.82) is 0 Å². The molecule has 0 spiro atoms. The standard InChI is InChI=1S/C14H12ClO/c1-11-2-8-14(9-3-11)16-10-12-4-6-13(15)7-5-12/h2-9H,1,10H2. The molecule has 0 aliphatic rings. The van der Waals surface area contributed by atoms with Crippen LogP contribution < -0.4 is 4.74 Å². The van der Waals surface area contributed by atoms with E-state index < -0.39 is 0 Å². The Balaban J connectivity index is 1.97. The summed E-state index contributed by atoms with van der Waals surface area (Å²) in [6, 6.07) is 15.3. The van der Waals surface area contributed by atoms with Crippen LogP contribution in [0.5, 0.6) is 5.75 Å². The highest BCUT2D eigenvalue weighted by molar-refractivity contribution is 6.30. The van der Waals surface area contributed by atoms with Crippen LogP contribution in [0.25, 0.3) is 0 Å². The molecular weight excluding hydrogens is 220 g/mol. The second-order valence-corrected chi connectivity index (χ2v) is 4.00. The summed E-state index contributed by atoms with van der Waals surface area (Å²) in [4.78, 5) is 0. The highest BCUT2D eigenvalue weighted by Crippen LogP contribution is 2.15. The molecule has 0 bridgehead atoms. The van der Waals surface area contributed by atoms with E-state index in [9.17, 15) is 0 Å². The van der Waals surface area contributed by atoms with Gasteiger partial charge < -0.3 is 4.74 Å². The third-order valence-corrected chi connectivity index (χ3v) is 2.49. The minimum Gasteiger partial charge on any atom is -0.489 e. The molecule has 1 nitrogen and oxygen atoms in total. The lowest BCUT2D eigenvalue weighted by Gasteiger charge is -2.06. The normalized spacial score (nSPS) is 10.1. The summed E-state index contributed by atoms with van der Waals surface area (Å²) in [6.07, 6.45) is 0. The van der Waals surface area contributed by atoms with Gasteiger partial charge in [-0.25, -0.2) is 0 Å². The SMILES string of the molecule is [CH2]c1ccc(OCc2ccc(Cl)cc2)cc1. The van der Waals surface area contributed by atoms with Gasteiger partial charge in [0.2, 0.25) is 0 Å². The van der Waals surface area contributed by atoms with Crippen LogP contribution in [0, 0.1) is 6.92 Å². The summed E-state index contributed by atoms with van der Waals surface area (Å²) < 4.78 is 5.62. The molecular formula is C14H12ClO. The van der Waals surface area contributed by atoms with Crippen LogP contribution in [-0.2, 0) is 6.61 Å². The molecule has 2 heteroatoms. The third-order valence-electron chi connectivity index (χ3n) is 2.24. The van der Waals surface area contributed by atoms with Crippen LogP contribution in [0.4, 0.5) is 0 Å². The molecule has 0 N–H and O–H groups in total. The molecule has 0 unspecified atom stereocenters. The van der Waals surface area contributed by atoms with Gasteiger partial charge >= 0.3 is 0 Å².